The first-order valence-corrected chi connectivity index (χ1v) is 9.22. The van der Waals surface area contributed by atoms with Gasteiger partial charge in [-0.15, -0.1) is 0 Å². The molecule has 0 amide bonds. The molecular weight excluding hydrogens is 312 g/mol. The fourth-order valence-corrected chi connectivity index (χ4v) is 2.54. The number of guanidine groups is 1. The van der Waals surface area contributed by atoms with Crippen LogP contribution >= 0.6 is 0 Å². The minimum Gasteiger partial charge on any atom is -0.357 e. The zero-order chi connectivity index (χ0) is 17.9. The minimum absolute atomic E-state index is 0.612. The van der Waals surface area contributed by atoms with E-state index in [2.05, 4.69) is 45.5 Å². The topological polar surface area (TPSA) is 67.1 Å². The molecule has 0 bridgehead atoms. The summed E-state index contributed by atoms with van der Waals surface area (Å²) in [5.41, 5.74) is 1.09. The molecule has 2 rings (SSSR count). The Hall–Kier alpha value is -2.37. The van der Waals surface area contributed by atoms with E-state index in [0.717, 1.165) is 36.3 Å². The van der Waals surface area contributed by atoms with Crippen LogP contribution in [0.4, 0.5) is 0 Å². The van der Waals surface area contributed by atoms with E-state index < -0.39 is 0 Å². The van der Waals surface area contributed by atoms with E-state index in [0.29, 0.717) is 6.54 Å². The Bertz CT molecular complexity index is 644. The Kier molecular flexibility index (Phi) is 7.95. The van der Waals surface area contributed by atoms with Crippen LogP contribution in [0.15, 0.2) is 35.7 Å². The van der Waals surface area contributed by atoms with E-state index in [-0.39, 0.29) is 0 Å². The maximum absolute atomic E-state index is 4.65. The lowest BCUT2D eigenvalue weighted by atomic mass is 10.2. The number of hydrogen-bond donors (Lipinski definition) is 2. The summed E-state index contributed by atoms with van der Waals surface area (Å²) in [7, 11) is 0. The van der Waals surface area contributed by atoms with Crippen molar-refractivity contribution < 1.29 is 0 Å². The maximum Gasteiger partial charge on any atom is 0.191 e. The molecule has 25 heavy (non-hydrogen) atoms. The van der Waals surface area contributed by atoms with Crippen LogP contribution in [-0.2, 0) is 6.54 Å². The molecule has 0 radical (unpaired) electrons. The minimum atomic E-state index is 0.612. The van der Waals surface area contributed by atoms with Gasteiger partial charge in [0.15, 0.2) is 5.96 Å². The Morgan fingerprint density at radius 3 is 2.64 bits per heavy atom. The van der Waals surface area contributed by atoms with Gasteiger partial charge in [0.25, 0.3) is 0 Å². The molecule has 0 aliphatic carbocycles. The standard InChI is InChI=1S/C19H30N6/c1-4-6-7-8-11-22-19(20-5-2)24-15-17-9-10-18(23-14-17)25-13-12-21-16(25)3/h9-10,12-14H,4-8,11,15H2,1-3H3,(H2,20,22,24). The molecule has 0 aliphatic rings. The summed E-state index contributed by atoms with van der Waals surface area (Å²) in [5.74, 6) is 2.68. The molecule has 2 aromatic heterocycles. The van der Waals surface area contributed by atoms with E-state index in [9.17, 15) is 0 Å². The first kappa shape index (κ1) is 19.0. The molecule has 136 valence electrons. The number of imidazole rings is 1. The second kappa shape index (κ2) is 10.5. The van der Waals surface area contributed by atoms with Crippen molar-refractivity contribution in [2.24, 2.45) is 4.99 Å². The smallest absolute Gasteiger partial charge is 0.191 e. The third-order valence-corrected chi connectivity index (χ3v) is 3.97. The molecule has 0 unspecified atom stereocenters. The van der Waals surface area contributed by atoms with Crippen molar-refractivity contribution in [1.29, 1.82) is 0 Å². The highest BCUT2D eigenvalue weighted by Gasteiger charge is 2.02. The van der Waals surface area contributed by atoms with Crippen LogP contribution in [0.3, 0.4) is 0 Å². The summed E-state index contributed by atoms with van der Waals surface area (Å²) in [5, 5.41) is 6.69. The molecule has 2 N–H and O–H groups in total. The van der Waals surface area contributed by atoms with Gasteiger partial charge in [0.2, 0.25) is 0 Å². The molecule has 6 nitrogen and oxygen atoms in total. The van der Waals surface area contributed by atoms with Gasteiger partial charge < -0.3 is 10.6 Å². The normalized spacial score (nSPS) is 11.6. The van der Waals surface area contributed by atoms with Crippen molar-refractivity contribution >= 4 is 5.96 Å². The van der Waals surface area contributed by atoms with Crippen molar-refractivity contribution in [3.8, 4) is 5.82 Å². The third kappa shape index (κ3) is 6.21. The molecular formula is C19H30N6. The first-order valence-electron chi connectivity index (χ1n) is 9.22. The Morgan fingerprint density at radius 2 is 2.00 bits per heavy atom. The van der Waals surface area contributed by atoms with Crippen molar-refractivity contribution in [2.45, 2.75) is 53.0 Å². The fraction of sp³-hybridized carbons (Fsp3) is 0.526. The quantitative estimate of drug-likeness (QED) is 0.417. The predicted molar refractivity (Wildman–Crippen MR) is 103 cm³/mol. The molecule has 2 aromatic rings. The van der Waals surface area contributed by atoms with Crippen LogP contribution in [0.5, 0.6) is 0 Å². The number of aryl methyl sites for hydroxylation is 1. The average molecular weight is 342 g/mol. The van der Waals surface area contributed by atoms with E-state index in [4.69, 9.17) is 0 Å². The van der Waals surface area contributed by atoms with Gasteiger partial charge in [-0.1, -0.05) is 32.3 Å². The second-order valence-electron chi connectivity index (χ2n) is 6.05. The summed E-state index contributed by atoms with van der Waals surface area (Å²) in [6.07, 6.45) is 10.6. The lowest BCUT2D eigenvalue weighted by Crippen LogP contribution is -2.37. The van der Waals surface area contributed by atoms with Gasteiger partial charge in [-0.3, -0.25) is 4.57 Å². The Balaban J connectivity index is 1.89. The highest BCUT2D eigenvalue weighted by atomic mass is 15.2. The highest BCUT2D eigenvalue weighted by molar-refractivity contribution is 5.79. The Morgan fingerprint density at radius 1 is 1.12 bits per heavy atom. The first-order chi connectivity index (χ1) is 12.2. The number of pyridine rings is 1. The van der Waals surface area contributed by atoms with Crippen molar-refractivity contribution in [3.63, 3.8) is 0 Å². The zero-order valence-electron chi connectivity index (χ0n) is 15.6. The van der Waals surface area contributed by atoms with Crippen LogP contribution in [0, 0.1) is 6.92 Å². The van der Waals surface area contributed by atoms with Crippen LogP contribution in [0.2, 0.25) is 0 Å². The molecule has 0 spiro atoms. The van der Waals surface area contributed by atoms with E-state index in [1.165, 1.54) is 25.7 Å². The van der Waals surface area contributed by atoms with Gasteiger partial charge in [-0.05, 0) is 31.9 Å². The lowest BCUT2D eigenvalue weighted by Gasteiger charge is -2.11. The largest absolute Gasteiger partial charge is 0.357 e. The molecule has 0 aliphatic heterocycles. The van der Waals surface area contributed by atoms with E-state index in [1.807, 2.05) is 30.0 Å². The summed E-state index contributed by atoms with van der Waals surface area (Å²) in [6.45, 7) is 8.71. The molecule has 6 heteroatoms. The van der Waals surface area contributed by atoms with Crippen molar-refractivity contribution in [2.75, 3.05) is 13.1 Å². The van der Waals surface area contributed by atoms with Crippen LogP contribution in [-0.4, -0.2) is 33.6 Å². The number of hydrogen-bond acceptors (Lipinski definition) is 3. The monoisotopic (exact) mass is 342 g/mol. The molecule has 0 atom stereocenters. The number of nitrogens with zero attached hydrogens (tertiary/aromatic N) is 4. The molecule has 0 fully saturated rings. The van der Waals surface area contributed by atoms with E-state index in [1.54, 1.807) is 6.20 Å². The highest BCUT2D eigenvalue weighted by Crippen LogP contribution is 2.09. The zero-order valence-corrected chi connectivity index (χ0v) is 15.6. The molecule has 0 saturated heterocycles. The fourth-order valence-electron chi connectivity index (χ4n) is 2.54. The van der Waals surface area contributed by atoms with Crippen LogP contribution in [0.25, 0.3) is 5.82 Å². The molecule has 2 heterocycles. The number of unbranched alkanes of at least 4 members (excludes halogenated alkanes) is 3. The van der Waals surface area contributed by atoms with Gasteiger partial charge in [0, 0.05) is 31.7 Å². The number of aliphatic imine (C=N–C) groups is 1. The number of rotatable bonds is 9. The van der Waals surface area contributed by atoms with Gasteiger partial charge in [-0.2, -0.15) is 0 Å². The van der Waals surface area contributed by atoms with Gasteiger partial charge in [0.1, 0.15) is 11.6 Å². The summed E-state index contributed by atoms with van der Waals surface area (Å²) in [4.78, 5) is 13.4. The second-order valence-corrected chi connectivity index (χ2v) is 6.05. The van der Waals surface area contributed by atoms with E-state index >= 15 is 0 Å². The molecule has 0 saturated carbocycles. The number of nitrogens with one attached hydrogen (secondary N) is 2. The van der Waals surface area contributed by atoms with Crippen molar-refractivity contribution in [1.82, 2.24) is 25.2 Å². The SMILES string of the molecule is CCCCCCNC(=NCc1ccc(-n2ccnc2C)nc1)NCC. The van der Waals surface area contributed by atoms with Crippen LogP contribution in [0.1, 0.15) is 50.9 Å². The predicted octanol–water partition coefficient (Wildman–Crippen LogP) is 3.21. The number of aromatic nitrogens is 3. The summed E-state index contributed by atoms with van der Waals surface area (Å²) >= 11 is 0. The maximum atomic E-state index is 4.65. The third-order valence-electron chi connectivity index (χ3n) is 3.97. The van der Waals surface area contributed by atoms with Gasteiger partial charge in [0.05, 0.1) is 6.54 Å². The van der Waals surface area contributed by atoms with Crippen molar-refractivity contribution in [3.05, 3.63) is 42.1 Å². The summed E-state index contributed by atoms with van der Waals surface area (Å²) < 4.78 is 1.97. The van der Waals surface area contributed by atoms with Gasteiger partial charge in [-0.25, -0.2) is 15.0 Å². The van der Waals surface area contributed by atoms with Gasteiger partial charge >= 0.3 is 0 Å². The van der Waals surface area contributed by atoms with Crippen LogP contribution < -0.4 is 10.6 Å². The average Bonchev–Trinajstić information content (AvgIpc) is 3.06. The summed E-state index contributed by atoms with van der Waals surface area (Å²) in [6, 6.07) is 4.07. The Labute approximate surface area is 150 Å². The molecule has 0 aromatic carbocycles. The lowest BCUT2D eigenvalue weighted by molar-refractivity contribution is 0.647.